The summed E-state index contributed by atoms with van der Waals surface area (Å²) in [6.07, 6.45) is 3.77. The van der Waals surface area contributed by atoms with Gasteiger partial charge in [0.25, 0.3) is 5.91 Å². The first-order chi connectivity index (χ1) is 17.5. The Morgan fingerprint density at radius 1 is 1.03 bits per heavy atom. The van der Waals surface area contributed by atoms with Crippen LogP contribution in [0.15, 0.2) is 71.0 Å². The molecule has 1 fully saturated rings. The van der Waals surface area contributed by atoms with Gasteiger partial charge < -0.3 is 14.3 Å². The zero-order chi connectivity index (χ0) is 25.1. The monoisotopic (exact) mass is 487 g/mol. The molecule has 1 unspecified atom stereocenters. The van der Waals surface area contributed by atoms with Gasteiger partial charge in [-0.15, -0.1) is 0 Å². The van der Waals surface area contributed by atoms with Crippen molar-refractivity contribution in [3.63, 3.8) is 0 Å². The highest BCUT2D eigenvalue weighted by Crippen LogP contribution is 2.35. The number of amides is 2. The Labute approximate surface area is 209 Å². The molecule has 36 heavy (non-hydrogen) atoms. The van der Waals surface area contributed by atoms with Gasteiger partial charge in [-0.25, -0.2) is 0 Å². The van der Waals surface area contributed by atoms with E-state index >= 15 is 0 Å². The molecular weight excluding hydrogens is 458 g/mol. The highest BCUT2D eigenvalue weighted by Gasteiger charge is 2.36. The van der Waals surface area contributed by atoms with Gasteiger partial charge in [0.05, 0.1) is 12.8 Å². The fourth-order valence-corrected chi connectivity index (χ4v) is 4.81. The van der Waals surface area contributed by atoms with Gasteiger partial charge in [-0.05, 0) is 36.1 Å². The van der Waals surface area contributed by atoms with Gasteiger partial charge in [0, 0.05) is 44.1 Å². The van der Waals surface area contributed by atoms with E-state index in [2.05, 4.69) is 15.6 Å². The number of likely N-dealkylation sites (tertiary alicyclic amines) is 1. The van der Waals surface area contributed by atoms with E-state index in [0.29, 0.717) is 36.8 Å². The number of nitrogens with one attached hydrogen (secondary N) is 1. The lowest BCUT2D eigenvalue weighted by molar-refractivity contribution is -0.129. The maximum atomic E-state index is 13.5. The second-order valence-electron chi connectivity index (χ2n) is 9.11. The summed E-state index contributed by atoms with van der Waals surface area (Å²) in [5.41, 5.74) is 6.27. The van der Waals surface area contributed by atoms with Crippen LogP contribution < -0.4 is 5.48 Å². The Kier molecular flexibility index (Phi) is 6.81. The van der Waals surface area contributed by atoms with Crippen LogP contribution >= 0.6 is 0 Å². The van der Waals surface area contributed by atoms with E-state index in [0.717, 1.165) is 29.7 Å². The minimum atomic E-state index is -0.442. The standard InChI is InChI=1S/C27H29N5O4/c1-18(33)31-14-12-21(13-15-31)25-28-26(36-30-25)24-16-23(29-35-2)17-32(24)27(34)22-10-8-20(9-11-22)19-6-4-3-5-7-19/h3-11,17,21,24,29H,12-16H2,1-2H3. The van der Waals surface area contributed by atoms with E-state index in [1.165, 1.54) is 7.11 Å². The Hall–Kier alpha value is -3.98. The van der Waals surface area contributed by atoms with Crippen LogP contribution in [0.3, 0.4) is 0 Å². The molecule has 3 aromatic rings. The van der Waals surface area contributed by atoms with Crippen molar-refractivity contribution in [2.45, 2.75) is 38.1 Å². The van der Waals surface area contributed by atoms with E-state index in [9.17, 15) is 9.59 Å². The molecule has 1 N–H and O–H groups in total. The molecule has 9 heteroatoms. The summed E-state index contributed by atoms with van der Waals surface area (Å²) in [6, 6.07) is 17.2. The summed E-state index contributed by atoms with van der Waals surface area (Å²) in [5, 5.41) is 4.23. The number of hydrogen-bond donors (Lipinski definition) is 1. The smallest absolute Gasteiger partial charge is 0.258 e. The lowest BCUT2D eigenvalue weighted by Crippen LogP contribution is -2.36. The molecule has 2 aromatic carbocycles. The lowest BCUT2D eigenvalue weighted by atomic mass is 9.96. The van der Waals surface area contributed by atoms with Crippen LogP contribution in [0.2, 0.25) is 0 Å². The molecule has 2 aliphatic rings. The van der Waals surface area contributed by atoms with Crippen LogP contribution in [0, 0.1) is 0 Å². The van der Waals surface area contributed by atoms with E-state index < -0.39 is 6.04 Å². The van der Waals surface area contributed by atoms with Crippen molar-refractivity contribution < 1.29 is 18.9 Å². The molecule has 1 aromatic heterocycles. The SMILES string of the molecule is CONC1=CN(C(=O)c2ccc(-c3ccccc3)cc2)C(c2nc(C3CCN(C(C)=O)CC3)no2)C1. The van der Waals surface area contributed by atoms with Crippen LogP contribution in [-0.2, 0) is 9.63 Å². The van der Waals surface area contributed by atoms with Gasteiger partial charge in [-0.3, -0.25) is 19.9 Å². The van der Waals surface area contributed by atoms with Crippen LogP contribution in [0.5, 0.6) is 0 Å². The van der Waals surface area contributed by atoms with E-state index in [-0.39, 0.29) is 17.7 Å². The summed E-state index contributed by atoms with van der Waals surface area (Å²) >= 11 is 0. The maximum absolute atomic E-state index is 13.5. The number of hydrogen-bond acceptors (Lipinski definition) is 7. The Balaban J connectivity index is 1.34. The second kappa shape index (κ2) is 10.3. The first-order valence-corrected chi connectivity index (χ1v) is 12.1. The third kappa shape index (κ3) is 4.87. The summed E-state index contributed by atoms with van der Waals surface area (Å²) in [6.45, 7) is 2.95. The van der Waals surface area contributed by atoms with Gasteiger partial charge in [0.1, 0.15) is 6.04 Å². The number of nitrogens with zero attached hydrogens (tertiary/aromatic N) is 4. The average Bonchev–Trinajstić information content (AvgIpc) is 3.57. The fraction of sp³-hybridized carbons (Fsp3) is 0.333. The highest BCUT2D eigenvalue weighted by atomic mass is 16.6. The minimum absolute atomic E-state index is 0.0865. The summed E-state index contributed by atoms with van der Waals surface area (Å²) in [7, 11) is 1.53. The van der Waals surface area contributed by atoms with E-state index in [4.69, 9.17) is 9.36 Å². The van der Waals surface area contributed by atoms with E-state index in [1.807, 2.05) is 59.5 Å². The number of benzene rings is 2. The molecule has 0 spiro atoms. The molecule has 0 saturated carbocycles. The fourth-order valence-electron chi connectivity index (χ4n) is 4.81. The van der Waals surface area contributed by atoms with Gasteiger partial charge >= 0.3 is 0 Å². The Morgan fingerprint density at radius 3 is 2.39 bits per heavy atom. The molecule has 1 atom stereocenters. The molecule has 0 aliphatic carbocycles. The number of aromatic nitrogens is 2. The van der Waals surface area contributed by atoms with Crippen molar-refractivity contribution in [2.75, 3.05) is 20.2 Å². The van der Waals surface area contributed by atoms with Gasteiger partial charge in [-0.2, -0.15) is 4.98 Å². The molecule has 186 valence electrons. The Bertz CT molecular complexity index is 1250. The molecule has 2 aliphatic heterocycles. The van der Waals surface area contributed by atoms with Crippen molar-refractivity contribution in [2.24, 2.45) is 0 Å². The molecule has 2 amide bonds. The predicted octanol–water partition coefficient (Wildman–Crippen LogP) is 4.04. The summed E-state index contributed by atoms with van der Waals surface area (Å²) in [5.74, 6) is 1.06. The van der Waals surface area contributed by atoms with E-state index in [1.54, 1.807) is 18.0 Å². The van der Waals surface area contributed by atoms with Crippen molar-refractivity contribution in [1.29, 1.82) is 0 Å². The third-order valence-electron chi connectivity index (χ3n) is 6.80. The van der Waals surface area contributed by atoms with Crippen molar-refractivity contribution in [1.82, 2.24) is 25.4 Å². The highest BCUT2D eigenvalue weighted by molar-refractivity contribution is 5.96. The van der Waals surface area contributed by atoms with Crippen LogP contribution in [-0.4, -0.2) is 52.0 Å². The molecule has 1 saturated heterocycles. The van der Waals surface area contributed by atoms with Crippen molar-refractivity contribution in [3.8, 4) is 11.1 Å². The van der Waals surface area contributed by atoms with Gasteiger partial charge in [-0.1, -0.05) is 47.6 Å². The molecule has 9 nitrogen and oxygen atoms in total. The number of hydroxylamine groups is 1. The molecule has 0 bridgehead atoms. The number of rotatable bonds is 6. The van der Waals surface area contributed by atoms with Crippen LogP contribution in [0.1, 0.15) is 60.2 Å². The maximum Gasteiger partial charge on any atom is 0.258 e. The molecular formula is C27H29N5O4. The number of piperidine rings is 1. The summed E-state index contributed by atoms with van der Waals surface area (Å²) in [4.78, 5) is 38.4. The van der Waals surface area contributed by atoms with Crippen molar-refractivity contribution in [3.05, 3.63) is 83.8 Å². The largest absolute Gasteiger partial charge is 0.343 e. The van der Waals surface area contributed by atoms with Gasteiger partial charge in [0.15, 0.2) is 5.82 Å². The van der Waals surface area contributed by atoms with Crippen LogP contribution in [0.4, 0.5) is 0 Å². The third-order valence-corrected chi connectivity index (χ3v) is 6.80. The zero-order valence-electron chi connectivity index (χ0n) is 20.4. The van der Waals surface area contributed by atoms with Gasteiger partial charge in [0.2, 0.25) is 11.8 Å². The quantitative estimate of drug-likeness (QED) is 0.524. The first kappa shape index (κ1) is 23.7. The normalized spacial score (nSPS) is 18.3. The zero-order valence-corrected chi connectivity index (χ0v) is 20.4. The summed E-state index contributed by atoms with van der Waals surface area (Å²) < 4.78 is 5.66. The predicted molar refractivity (Wildman–Crippen MR) is 132 cm³/mol. The molecule has 5 rings (SSSR count). The minimum Gasteiger partial charge on any atom is -0.343 e. The Morgan fingerprint density at radius 2 is 1.72 bits per heavy atom. The van der Waals surface area contributed by atoms with Crippen LogP contribution in [0.25, 0.3) is 11.1 Å². The molecule has 3 heterocycles. The number of carbonyl (C=O) groups excluding carboxylic acids is 2. The number of carbonyl (C=O) groups is 2. The van der Waals surface area contributed by atoms with Crippen molar-refractivity contribution >= 4 is 11.8 Å². The average molecular weight is 488 g/mol. The first-order valence-electron chi connectivity index (χ1n) is 12.1. The molecule has 0 radical (unpaired) electrons. The lowest BCUT2D eigenvalue weighted by Gasteiger charge is -2.29. The topological polar surface area (TPSA) is 101 Å². The second-order valence-corrected chi connectivity index (χ2v) is 9.11.